The van der Waals surface area contributed by atoms with E-state index < -0.39 is 31.0 Å². The van der Waals surface area contributed by atoms with Gasteiger partial charge >= 0.3 is 5.97 Å². The summed E-state index contributed by atoms with van der Waals surface area (Å²) in [6, 6.07) is 0. The number of hydrogen-bond acceptors (Lipinski definition) is 6. The third-order valence-electron chi connectivity index (χ3n) is 3.40. The van der Waals surface area contributed by atoms with E-state index in [9.17, 15) is 18.8 Å². The van der Waals surface area contributed by atoms with Gasteiger partial charge in [-0.05, 0) is 33.1 Å². The Labute approximate surface area is 129 Å². The topological polar surface area (TPSA) is 68.2 Å². The number of rotatable bonds is 8. The minimum absolute atomic E-state index is 0.0266. The summed E-state index contributed by atoms with van der Waals surface area (Å²) in [5, 5.41) is 9.85. The molecule has 0 aromatic carbocycles. The largest absolute Gasteiger partial charge is 0.463 e. The first-order valence-electron chi connectivity index (χ1n) is 7.41. The molecule has 0 radical (unpaired) electrons. The Bertz CT molecular complexity index is 357. The maximum Gasteiger partial charge on any atom is 0.312 e. The highest BCUT2D eigenvalue weighted by molar-refractivity contribution is 5.70. The molecule has 1 aliphatic rings. The van der Waals surface area contributed by atoms with Crippen molar-refractivity contribution in [2.45, 2.75) is 64.8 Å². The van der Waals surface area contributed by atoms with E-state index in [2.05, 4.69) is 9.57 Å². The van der Waals surface area contributed by atoms with Crippen molar-refractivity contribution >= 4 is 5.97 Å². The molecule has 0 aromatic rings. The average molecular weight is 325 g/mol. The van der Waals surface area contributed by atoms with Gasteiger partial charge in [-0.3, -0.25) is 14.8 Å². The standard InChI is InChI=1S/C14H25F2NO5/c1-9(2)21-13(18)6-14(15,16)8-20-17(19)7-12-5-10(3)11(4)22-12/h9-12,19H,5-8H2,1-4H3. The van der Waals surface area contributed by atoms with Gasteiger partial charge in [0, 0.05) is 0 Å². The second kappa shape index (κ2) is 8.14. The number of hydroxylamine groups is 2. The summed E-state index contributed by atoms with van der Waals surface area (Å²) in [7, 11) is 0. The number of esters is 1. The molecule has 1 aliphatic heterocycles. The van der Waals surface area contributed by atoms with Gasteiger partial charge in [-0.25, -0.2) is 8.78 Å². The Balaban J connectivity index is 2.30. The van der Waals surface area contributed by atoms with Crippen molar-refractivity contribution in [2.24, 2.45) is 5.92 Å². The first kappa shape index (κ1) is 19.2. The van der Waals surface area contributed by atoms with E-state index in [1.165, 1.54) is 0 Å². The summed E-state index contributed by atoms with van der Waals surface area (Å²) in [6.45, 7) is 5.95. The second-order valence-corrected chi connectivity index (χ2v) is 6.06. The Morgan fingerprint density at radius 2 is 2.09 bits per heavy atom. The second-order valence-electron chi connectivity index (χ2n) is 6.06. The van der Waals surface area contributed by atoms with Crippen LogP contribution in [0.2, 0.25) is 0 Å². The van der Waals surface area contributed by atoms with Gasteiger partial charge in [-0.1, -0.05) is 12.2 Å². The zero-order valence-corrected chi connectivity index (χ0v) is 13.4. The molecule has 8 heteroatoms. The smallest absolute Gasteiger partial charge is 0.312 e. The molecule has 0 saturated carbocycles. The molecule has 130 valence electrons. The van der Waals surface area contributed by atoms with Gasteiger partial charge in [0.15, 0.2) is 0 Å². The number of carbonyl (C=O) groups is 1. The molecule has 3 unspecified atom stereocenters. The lowest BCUT2D eigenvalue weighted by Gasteiger charge is -2.22. The van der Waals surface area contributed by atoms with Crippen LogP contribution in [0.3, 0.4) is 0 Å². The maximum absolute atomic E-state index is 13.5. The summed E-state index contributed by atoms with van der Waals surface area (Å²) in [4.78, 5) is 15.8. The Morgan fingerprint density at radius 3 is 2.59 bits per heavy atom. The Kier molecular flexibility index (Phi) is 7.11. The van der Waals surface area contributed by atoms with Crippen LogP contribution in [-0.2, 0) is 19.1 Å². The highest BCUT2D eigenvalue weighted by Gasteiger charge is 2.36. The highest BCUT2D eigenvalue weighted by atomic mass is 19.3. The number of halogens is 2. The molecule has 0 spiro atoms. The van der Waals surface area contributed by atoms with Crippen molar-refractivity contribution in [2.75, 3.05) is 13.2 Å². The van der Waals surface area contributed by atoms with Crippen LogP contribution in [0.4, 0.5) is 8.78 Å². The Hall–Kier alpha value is -0.830. The van der Waals surface area contributed by atoms with Crippen LogP contribution in [0.1, 0.15) is 40.5 Å². The summed E-state index contributed by atoms with van der Waals surface area (Å²) < 4.78 is 37.3. The van der Waals surface area contributed by atoms with Crippen molar-refractivity contribution in [3.63, 3.8) is 0 Å². The molecule has 1 N–H and O–H groups in total. The maximum atomic E-state index is 13.5. The molecule has 22 heavy (non-hydrogen) atoms. The third-order valence-corrected chi connectivity index (χ3v) is 3.40. The van der Waals surface area contributed by atoms with Gasteiger partial charge in [0.05, 0.1) is 24.9 Å². The van der Waals surface area contributed by atoms with Crippen LogP contribution < -0.4 is 0 Å². The lowest BCUT2D eigenvalue weighted by Crippen LogP contribution is -2.36. The first-order valence-corrected chi connectivity index (χ1v) is 7.41. The minimum Gasteiger partial charge on any atom is -0.463 e. The predicted molar refractivity (Wildman–Crippen MR) is 73.4 cm³/mol. The lowest BCUT2D eigenvalue weighted by atomic mass is 10.0. The van der Waals surface area contributed by atoms with Gasteiger partial charge in [0.1, 0.15) is 13.0 Å². The van der Waals surface area contributed by atoms with Crippen molar-refractivity contribution in [3.05, 3.63) is 0 Å². The molecule has 1 heterocycles. The number of nitrogens with zero attached hydrogens (tertiary/aromatic N) is 1. The summed E-state index contributed by atoms with van der Waals surface area (Å²) in [5.41, 5.74) is 0. The fourth-order valence-electron chi connectivity index (χ4n) is 2.18. The molecule has 1 saturated heterocycles. The zero-order chi connectivity index (χ0) is 16.9. The van der Waals surface area contributed by atoms with Gasteiger partial charge in [-0.2, -0.15) is 0 Å². The molecule has 1 rings (SSSR count). The number of carbonyl (C=O) groups excluding carboxylic acids is 1. The van der Waals surface area contributed by atoms with Crippen LogP contribution in [0.5, 0.6) is 0 Å². The minimum atomic E-state index is -3.41. The van der Waals surface area contributed by atoms with E-state index in [-0.39, 0.29) is 18.8 Å². The van der Waals surface area contributed by atoms with Gasteiger partial charge in [0.25, 0.3) is 5.92 Å². The van der Waals surface area contributed by atoms with E-state index >= 15 is 0 Å². The fraction of sp³-hybridized carbons (Fsp3) is 0.929. The van der Waals surface area contributed by atoms with E-state index in [4.69, 9.17) is 4.74 Å². The molecular formula is C14H25F2NO5. The SMILES string of the molecule is CC(C)OC(=O)CC(F)(F)CON(O)CC1CC(C)C(C)O1. The van der Waals surface area contributed by atoms with Crippen molar-refractivity contribution in [3.8, 4) is 0 Å². The van der Waals surface area contributed by atoms with Crippen LogP contribution in [0.15, 0.2) is 0 Å². The third kappa shape index (κ3) is 6.95. The lowest BCUT2D eigenvalue weighted by molar-refractivity contribution is -0.364. The molecular weight excluding hydrogens is 300 g/mol. The molecule has 3 atom stereocenters. The zero-order valence-electron chi connectivity index (χ0n) is 13.4. The van der Waals surface area contributed by atoms with Gasteiger partial charge < -0.3 is 9.47 Å². The molecule has 1 fully saturated rings. The van der Waals surface area contributed by atoms with Crippen LogP contribution in [0, 0.1) is 5.92 Å². The van der Waals surface area contributed by atoms with E-state index in [1.54, 1.807) is 13.8 Å². The van der Waals surface area contributed by atoms with Crippen molar-refractivity contribution in [1.29, 1.82) is 0 Å². The van der Waals surface area contributed by atoms with Crippen LogP contribution in [-0.4, -0.2) is 53.8 Å². The van der Waals surface area contributed by atoms with Gasteiger partial charge in [-0.15, -0.1) is 0 Å². The van der Waals surface area contributed by atoms with Crippen LogP contribution in [0.25, 0.3) is 0 Å². The normalized spacial score (nSPS) is 26.0. The first-order chi connectivity index (χ1) is 10.1. The average Bonchev–Trinajstić information content (AvgIpc) is 2.64. The molecule has 0 aromatic heterocycles. The summed E-state index contributed by atoms with van der Waals surface area (Å²) >= 11 is 0. The van der Waals surface area contributed by atoms with Crippen LogP contribution >= 0.6 is 0 Å². The van der Waals surface area contributed by atoms with Crippen molar-refractivity contribution in [1.82, 2.24) is 5.23 Å². The van der Waals surface area contributed by atoms with Gasteiger partial charge in [0.2, 0.25) is 0 Å². The Morgan fingerprint density at radius 1 is 1.45 bits per heavy atom. The molecule has 6 nitrogen and oxygen atoms in total. The fourth-order valence-corrected chi connectivity index (χ4v) is 2.18. The number of hydrogen-bond donors (Lipinski definition) is 1. The van der Waals surface area contributed by atoms with E-state index in [1.807, 2.05) is 13.8 Å². The summed E-state index contributed by atoms with van der Waals surface area (Å²) in [6.07, 6.45) is -1.03. The molecule has 0 bridgehead atoms. The van der Waals surface area contributed by atoms with E-state index in [0.29, 0.717) is 11.1 Å². The molecule has 0 aliphatic carbocycles. The predicted octanol–water partition coefficient (Wildman–Crippen LogP) is 2.40. The monoisotopic (exact) mass is 325 g/mol. The molecule has 0 amide bonds. The summed E-state index contributed by atoms with van der Waals surface area (Å²) in [5.74, 6) is -4.08. The highest BCUT2D eigenvalue weighted by Crippen LogP contribution is 2.26. The number of ether oxygens (including phenoxy) is 2. The van der Waals surface area contributed by atoms with Crippen molar-refractivity contribution < 1.29 is 33.1 Å². The number of alkyl halides is 2. The van der Waals surface area contributed by atoms with E-state index in [0.717, 1.165) is 6.42 Å². The quantitative estimate of drug-likeness (QED) is 0.546.